The van der Waals surface area contributed by atoms with Crippen LogP contribution in [-0.2, 0) is 4.79 Å². The molecule has 1 aliphatic rings. The van der Waals surface area contributed by atoms with Crippen LogP contribution >= 0.6 is 0 Å². The summed E-state index contributed by atoms with van der Waals surface area (Å²) in [6.07, 6.45) is 4.63. The summed E-state index contributed by atoms with van der Waals surface area (Å²) in [5.41, 5.74) is 0.0766. The van der Waals surface area contributed by atoms with E-state index in [0.717, 1.165) is 0 Å². The number of hydrogen-bond donors (Lipinski definition) is 2. The lowest BCUT2D eigenvalue weighted by Gasteiger charge is -2.20. The fourth-order valence-electron chi connectivity index (χ4n) is 3.28. The van der Waals surface area contributed by atoms with Crippen LogP contribution in [0.2, 0.25) is 0 Å². The van der Waals surface area contributed by atoms with E-state index in [2.05, 4.69) is 27.1 Å². The Morgan fingerprint density at radius 3 is 2.80 bits per heavy atom. The minimum absolute atomic E-state index is 0.0531. The largest absolute Gasteiger partial charge is 0.489 e. The molecule has 3 heterocycles. The lowest BCUT2D eigenvalue weighted by atomic mass is 10.1. The Morgan fingerprint density at radius 2 is 2.06 bits per heavy atom. The van der Waals surface area contributed by atoms with Crippen LogP contribution in [0.4, 0.5) is 5.69 Å². The van der Waals surface area contributed by atoms with Gasteiger partial charge in [-0.3, -0.25) is 19.6 Å². The van der Waals surface area contributed by atoms with Crippen LogP contribution < -0.4 is 19.7 Å². The average molecular weight is 473 g/mol. The molecule has 3 aromatic rings. The number of aromatic nitrogens is 2. The molecule has 0 saturated carbocycles. The Balaban J connectivity index is 1.48. The fraction of sp³-hybridized carbons (Fsp3) is 0.231. The first-order valence-corrected chi connectivity index (χ1v) is 10.8. The predicted octanol–water partition coefficient (Wildman–Crippen LogP) is 2.55. The summed E-state index contributed by atoms with van der Waals surface area (Å²) in [4.78, 5) is 35.5. The third-order valence-electron chi connectivity index (χ3n) is 5.01. The summed E-state index contributed by atoms with van der Waals surface area (Å²) in [6.45, 7) is 3.12. The number of benzene rings is 1. The van der Waals surface area contributed by atoms with E-state index in [-0.39, 0.29) is 18.2 Å². The van der Waals surface area contributed by atoms with Gasteiger partial charge in [-0.2, -0.15) is 0 Å². The van der Waals surface area contributed by atoms with Crippen molar-refractivity contribution in [3.63, 3.8) is 0 Å². The third kappa shape index (κ3) is 5.93. The zero-order valence-corrected chi connectivity index (χ0v) is 19.5. The van der Waals surface area contributed by atoms with Gasteiger partial charge in [0.05, 0.1) is 11.9 Å². The summed E-state index contributed by atoms with van der Waals surface area (Å²) < 4.78 is 11.5. The molecule has 0 spiro atoms. The molecule has 2 aromatic heterocycles. The van der Waals surface area contributed by atoms with Crippen molar-refractivity contribution in [1.82, 2.24) is 15.3 Å². The highest BCUT2D eigenvalue weighted by Crippen LogP contribution is 2.31. The zero-order chi connectivity index (χ0) is 25.0. The number of rotatable bonds is 4. The number of carbonyl (C=O) groups excluding carboxylic acids is 2. The van der Waals surface area contributed by atoms with Crippen LogP contribution in [0.5, 0.6) is 17.2 Å². The second-order valence-corrected chi connectivity index (χ2v) is 8.39. The molecule has 0 bridgehead atoms. The van der Waals surface area contributed by atoms with E-state index in [1.54, 1.807) is 69.7 Å². The third-order valence-corrected chi connectivity index (χ3v) is 5.01. The standard InChI is InChI=1S/C26H24N4O5/c1-26(2,33)10-8-17-6-7-23-22(13-17)30(3)25(32)21(16-34-23)29-24(31)20-14-18(9-12-28-20)35-19-5-4-11-27-15-19/h4-7,9,11-15,21,33H,16H2,1-3H3,(H,29,31). The van der Waals surface area contributed by atoms with Crippen LogP contribution in [0.15, 0.2) is 61.1 Å². The molecule has 4 rings (SSSR count). The van der Waals surface area contributed by atoms with Crippen molar-refractivity contribution in [2.45, 2.75) is 25.5 Å². The molecule has 0 saturated heterocycles. The molecule has 2 amide bonds. The van der Waals surface area contributed by atoms with Gasteiger partial charge >= 0.3 is 0 Å². The van der Waals surface area contributed by atoms with Crippen molar-refractivity contribution in [2.75, 3.05) is 18.6 Å². The first-order valence-electron chi connectivity index (χ1n) is 10.8. The first-order chi connectivity index (χ1) is 16.7. The van der Waals surface area contributed by atoms with Gasteiger partial charge in [-0.05, 0) is 50.2 Å². The number of fused-ring (bicyclic) bond motifs is 1. The maximum absolute atomic E-state index is 13.1. The Bertz CT molecular complexity index is 1310. The molecule has 35 heavy (non-hydrogen) atoms. The molecule has 2 N–H and O–H groups in total. The van der Waals surface area contributed by atoms with Gasteiger partial charge < -0.3 is 24.8 Å². The Morgan fingerprint density at radius 1 is 1.23 bits per heavy atom. The van der Waals surface area contributed by atoms with Crippen molar-refractivity contribution in [2.24, 2.45) is 0 Å². The van der Waals surface area contributed by atoms with E-state index in [0.29, 0.717) is 28.5 Å². The lowest BCUT2D eigenvalue weighted by molar-refractivity contribution is -0.120. The molecule has 0 aliphatic carbocycles. The van der Waals surface area contributed by atoms with E-state index < -0.39 is 17.6 Å². The average Bonchev–Trinajstić information content (AvgIpc) is 2.95. The van der Waals surface area contributed by atoms with E-state index >= 15 is 0 Å². The Labute approximate surface area is 202 Å². The number of amides is 2. The van der Waals surface area contributed by atoms with Crippen LogP contribution in [0, 0.1) is 11.8 Å². The van der Waals surface area contributed by atoms with Crippen LogP contribution in [-0.4, -0.2) is 52.2 Å². The number of nitrogens with zero attached hydrogens (tertiary/aromatic N) is 3. The molecule has 1 aromatic carbocycles. The van der Waals surface area contributed by atoms with Gasteiger partial charge in [-0.15, -0.1) is 0 Å². The van der Waals surface area contributed by atoms with Crippen molar-refractivity contribution in [3.05, 3.63) is 72.3 Å². The molecule has 1 atom stereocenters. The Hall–Kier alpha value is -4.42. The molecule has 1 unspecified atom stereocenters. The summed E-state index contributed by atoms with van der Waals surface area (Å²) in [5, 5.41) is 12.5. The quantitative estimate of drug-likeness (QED) is 0.561. The molecule has 9 heteroatoms. The molecule has 0 fully saturated rings. The highest BCUT2D eigenvalue weighted by molar-refractivity contribution is 6.03. The molecule has 1 aliphatic heterocycles. The van der Waals surface area contributed by atoms with Crippen LogP contribution in [0.3, 0.4) is 0 Å². The Kier molecular flexibility index (Phi) is 6.66. The molecular weight excluding hydrogens is 448 g/mol. The van der Waals surface area contributed by atoms with Crippen LogP contribution in [0.25, 0.3) is 0 Å². The summed E-state index contributed by atoms with van der Waals surface area (Å²) in [6, 6.07) is 10.8. The van der Waals surface area contributed by atoms with Gasteiger partial charge in [0.15, 0.2) is 0 Å². The van der Waals surface area contributed by atoms with Gasteiger partial charge in [0, 0.05) is 31.1 Å². The minimum Gasteiger partial charge on any atom is -0.489 e. The van der Waals surface area contributed by atoms with Crippen molar-refractivity contribution in [3.8, 4) is 29.1 Å². The van der Waals surface area contributed by atoms with E-state index in [4.69, 9.17) is 9.47 Å². The number of ether oxygens (including phenoxy) is 2. The number of aliphatic hydroxyl groups is 1. The molecule has 9 nitrogen and oxygen atoms in total. The molecular formula is C26H24N4O5. The van der Waals surface area contributed by atoms with E-state index in [1.165, 1.54) is 17.2 Å². The van der Waals surface area contributed by atoms with Crippen LogP contribution in [0.1, 0.15) is 29.9 Å². The number of pyridine rings is 2. The van der Waals surface area contributed by atoms with Crippen molar-refractivity contribution in [1.29, 1.82) is 0 Å². The van der Waals surface area contributed by atoms with Gasteiger partial charge in [0.2, 0.25) is 0 Å². The number of anilines is 1. The molecule has 0 radical (unpaired) electrons. The highest BCUT2D eigenvalue weighted by atomic mass is 16.5. The first kappa shape index (κ1) is 23.7. The monoisotopic (exact) mass is 472 g/mol. The summed E-state index contributed by atoms with van der Waals surface area (Å²) >= 11 is 0. The van der Waals surface area contributed by atoms with Gasteiger partial charge in [-0.25, -0.2) is 0 Å². The van der Waals surface area contributed by atoms with Gasteiger partial charge in [0.1, 0.15) is 41.2 Å². The highest BCUT2D eigenvalue weighted by Gasteiger charge is 2.31. The number of likely N-dealkylation sites (N-methyl/N-ethyl adjacent to an activating group) is 1. The smallest absolute Gasteiger partial charge is 0.270 e. The molecule has 178 valence electrons. The van der Waals surface area contributed by atoms with Crippen molar-refractivity contribution >= 4 is 17.5 Å². The number of hydrogen-bond acceptors (Lipinski definition) is 7. The summed E-state index contributed by atoms with van der Waals surface area (Å²) in [7, 11) is 1.60. The lowest BCUT2D eigenvalue weighted by Crippen LogP contribution is -2.49. The maximum atomic E-state index is 13.1. The zero-order valence-electron chi connectivity index (χ0n) is 19.5. The normalized spacial score (nSPS) is 15.1. The number of nitrogens with one attached hydrogen (secondary N) is 1. The van der Waals surface area contributed by atoms with E-state index in [9.17, 15) is 14.7 Å². The predicted molar refractivity (Wildman–Crippen MR) is 128 cm³/mol. The fourth-order valence-corrected chi connectivity index (χ4v) is 3.28. The van der Waals surface area contributed by atoms with Crippen molar-refractivity contribution < 1.29 is 24.2 Å². The van der Waals surface area contributed by atoms with Gasteiger partial charge in [0.25, 0.3) is 11.8 Å². The maximum Gasteiger partial charge on any atom is 0.270 e. The second-order valence-electron chi connectivity index (χ2n) is 8.39. The van der Waals surface area contributed by atoms with E-state index in [1.807, 2.05) is 0 Å². The topological polar surface area (TPSA) is 114 Å². The minimum atomic E-state index is -1.14. The van der Waals surface area contributed by atoms with Gasteiger partial charge in [-0.1, -0.05) is 11.8 Å². The number of carbonyl (C=O) groups is 2. The summed E-state index contributed by atoms with van der Waals surface area (Å²) in [5.74, 6) is 6.15. The SMILES string of the molecule is CN1C(=O)C(NC(=O)c2cc(Oc3cccnc3)ccn2)COc2ccc(C#CC(C)(C)O)cc21. The second kappa shape index (κ2) is 9.83.